The number of hydrogen-bond acceptors (Lipinski definition) is 3. The molecule has 1 aliphatic carbocycles. The number of fused-ring (bicyclic) bond motifs is 1. The van der Waals surface area contributed by atoms with E-state index in [0.29, 0.717) is 10.9 Å². The highest BCUT2D eigenvalue weighted by Crippen LogP contribution is 2.28. The fourth-order valence-corrected chi connectivity index (χ4v) is 3.52. The summed E-state index contributed by atoms with van der Waals surface area (Å²) in [5.41, 5.74) is 0.0892. The summed E-state index contributed by atoms with van der Waals surface area (Å²) < 4.78 is 1.39. The predicted octanol–water partition coefficient (Wildman–Crippen LogP) is 2.96. The SMILES string of the molecule is Cn1c(=O)c(C(=O)NC2CCCCC2)c(Cl)c2cc(O)ccc21. The first-order valence-corrected chi connectivity index (χ1v) is 8.19. The minimum atomic E-state index is -0.437. The maximum Gasteiger partial charge on any atom is 0.265 e. The number of carbonyl (C=O) groups is 1. The van der Waals surface area contributed by atoms with Crippen molar-refractivity contribution >= 4 is 28.4 Å². The third-order valence-corrected chi connectivity index (χ3v) is 4.88. The van der Waals surface area contributed by atoms with Gasteiger partial charge in [-0.2, -0.15) is 0 Å². The molecule has 0 spiro atoms. The number of rotatable bonds is 2. The summed E-state index contributed by atoms with van der Waals surface area (Å²) in [4.78, 5) is 25.1. The predicted molar refractivity (Wildman–Crippen MR) is 90.2 cm³/mol. The van der Waals surface area contributed by atoms with Crippen molar-refractivity contribution in [3.05, 3.63) is 39.1 Å². The van der Waals surface area contributed by atoms with E-state index in [2.05, 4.69) is 5.32 Å². The van der Waals surface area contributed by atoms with Crippen LogP contribution >= 0.6 is 11.6 Å². The monoisotopic (exact) mass is 334 g/mol. The van der Waals surface area contributed by atoms with Crippen LogP contribution in [0.1, 0.15) is 42.5 Å². The number of aromatic nitrogens is 1. The van der Waals surface area contributed by atoms with E-state index in [0.717, 1.165) is 25.7 Å². The van der Waals surface area contributed by atoms with Crippen LogP contribution in [0.25, 0.3) is 10.9 Å². The smallest absolute Gasteiger partial charge is 0.265 e. The lowest BCUT2D eigenvalue weighted by Crippen LogP contribution is -2.40. The molecule has 3 rings (SSSR count). The Kier molecular flexibility index (Phi) is 4.31. The second kappa shape index (κ2) is 6.24. The molecule has 0 radical (unpaired) electrons. The number of nitrogens with zero attached hydrogens (tertiary/aromatic N) is 1. The van der Waals surface area contributed by atoms with E-state index >= 15 is 0 Å². The largest absolute Gasteiger partial charge is 0.508 e. The van der Waals surface area contributed by atoms with Crippen LogP contribution in [0.15, 0.2) is 23.0 Å². The van der Waals surface area contributed by atoms with Gasteiger partial charge in [-0.05, 0) is 31.0 Å². The molecule has 1 aromatic carbocycles. The van der Waals surface area contributed by atoms with Gasteiger partial charge in [0.1, 0.15) is 11.3 Å². The molecule has 2 aromatic rings. The number of phenolic OH excluding ortho intramolecular Hbond substituents is 1. The second-order valence-electron chi connectivity index (χ2n) is 6.06. The average molecular weight is 335 g/mol. The average Bonchev–Trinajstić information content (AvgIpc) is 2.54. The van der Waals surface area contributed by atoms with Gasteiger partial charge in [0.15, 0.2) is 0 Å². The quantitative estimate of drug-likeness (QED) is 0.887. The molecule has 23 heavy (non-hydrogen) atoms. The lowest BCUT2D eigenvalue weighted by atomic mass is 9.95. The highest BCUT2D eigenvalue weighted by molar-refractivity contribution is 6.38. The van der Waals surface area contributed by atoms with Gasteiger partial charge in [0, 0.05) is 18.5 Å². The first kappa shape index (κ1) is 15.9. The zero-order chi connectivity index (χ0) is 16.6. The summed E-state index contributed by atoms with van der Waals surface area (Å²) in [5.74, 6) is -0.399. The lowest BCUT2D eigenvalue weighted by Gasteiger charge is -2.23. The van der Waals surface area contributed by atoms with Crippen LogP contribution in [0.2, 0.25) is 5.02 Å². The summed E-state index contributed by atoms with van der Waals surface area (Å²) in [6, 6.07) is 4.66. The van der Waals surface area contributed by atoms with E-state index in [9.17, 15) is 14.7 Å². The third kappa shape index (κ3) is 2.93. The molecule has 1 saturated carbocycles. The van der Waals surface area contributed by atoms with Gasteiger partial charge in [-0.1, -0.05) is 30.9 Å². The Morgan fingerprint density at radius 3 is 2.70 bits per heavy atom. The number of phenols is 1. The maximum atomic E-state index is 12.6. The fourth-order valence-electron chi connectivity index (χ4n) is 3.20. The molecule has 1 aliphatic rings. The molecule has 0 atom stereocenters. The topological polar surface area (TPSA) is 71.3 Å². The normalized spacial score (nSPS) is 15.7. The highest BCUT2D eigenvalue weighted by atomic mass is 35.5. The van der Waals surface area contributed by atoms with E-state index in [-0.39, 0.29) is 22.4 Å². The summed E-state index contributed by atoms with van der Waals surface area (Å²) in [5, 5.41) is 13.2. The van der Waals surface area contributed by atoms with Crippen molar-refractivity contribution in [1.82, 2.24) is 9.88 Å². The van der Waals surface area contributed by atoms with Gasteiger partial charge < -0.3 is 15.0 Å². The minimum Gasteiger partial charge on any atom is -0.508 e. The van der Waals surface area contributed by atoms with Crippen molar-refractivity contribution in [2.75, 3.05) is 0 Å². The summed E-state index contributed by atoms with van der Waals surface area (Å²) in [7, 11) is 1.59. The number of pyridine rings is 1. The Labute approximate surface area is 138 Å². The van der Waals surface area contributed by atoms with Crippen LogP contribution in [0, 0.1) is 0 Å². The Morgan fingerprint density at radius 2 is 2.00 bits per heavy atom. The van der Waals surface area contributed by atoms with Crippen LogP contribution in [0.4, 0.5) is 0 Å². The minimum absolute atomic E-state index is 0.0386. The fraction of sp³-hybridized carbons (Fsp3) is 0.412. The molecule has 0 unspecified atom stereocenters. The molecule has 5 nitrogen and oxygen atoms in total. The molecule has 0 aliphatic heterocycles. The number of amides is 1. The van der Waals surface area contributed by atoms with Gasteiger partial charge in [0.25, 0.3) is 11.5 Å². The maximum absolute atomic E-state index is 12.6. The van der Waals surface area contributed by atoms with Crippen molar-refractivity contribution < 1.29 is 9.90 Å². The summed E-state index contributed by atoms with van der Waals surface area (Å²) in [6.45, 7) is 0. The molecular weight excluding hydrogens is 316 g/mol. The number of nitrogens with one attached hydrogen (secondary N) is 1. The number of benzene rings is 1. The van der Waals surface area contributed by atoms with E-state index in [1.54, 1.807) is 13.1 Å². The van der Waals surface area contributed by atoms with Crippen molar-refractivity contribution in [3.63, 3.8) is 0 Å². The molecule has 0 bridgehead atoms. The van der Waals surface area contributed by atoms with E-state index in [1.807, 2.05) is 0 Å². The van der Waals surface area contributed by atoms with Crippen LogP contribution in [-0.2, 0) is 7.05 Å². The number of aryl methyl sites for hydroxylation is 1. The number of hydrogen-bond donors (Lipinski definition) is 2. The number of carbonyl (C=O) groups excluding carboxylic acids is 1. The van der Waals surface area contributed by atoms with Crippen LogP contribution in [0.5, 0.6) is 5.75 Å². The van der Waals surface area contributed by atoms with Gasteiger partial charge >= 0.3 is 0 Å². The molecule has 1 heterocycles. The van der Waals surface area contributed by atoms with Gasteiger partial charge in [-0.3, -0.25) is 9.59 Å². The molecule has 122 valence electrons. The molecule has 1 aromatic heterocycles. The molecule has 2 N–H and O–H groups in total. The van der Waals surface area contributed by atoms with Crippen molar-refractivity contribution in [1.29, 1.82) is 0 Å². The van der Waals surface area contributed by atoms with Gasteiger partial charge in [0.2, 0.25) is 0 Å². The number of aromatic hydroxyl groups is 1. The summed E-state index contributed by atoms with van der Waals surface area (Å²) in [6.07, 6.45) is 5.21. The molecule has 1 amide bonds. The third-order valence-electron chi connectivity index (χ3n) is 4.48. The molecule has 0 saturated heterocycles. The van der Waals surface area contributed by atoms with Crippen molar-refractivity contribution in [2.24, 2.45) is 7.05 Å². The second-order valence-corrected chi connectivity index (χ2v) is 6.44. The van der Waals surface area contributed by atoms with Crippen LogP contribution in [0.3, 0.4) is 0 Å². The first-order chi connectivity index (χ1) is 11.0. The van der Waals surface area contributed by atoms with Gasteiger partial charge in [-0.25, -0.2) is 0 Å². The standard InChI is InChI=1S/C17H19ClN2O3/c1-20-13-8-7-11(21)9-12(13)15(18)14(17(20)23)16(22)19-10-5-3-2-4-6-10/h7-10,21H,2-6H2,1H3,(H,19,22). The zero-order valence-corrected chi connectivity index (χ0v) is 13.7. The Hall–Kier alpha value is -2.01. The number of halogens is 1. The van der Waals surface area contributed by atoms with Gasteiger partial charge in [0.05, 0.1) is 10.5 Å². The van der Waals surface area contributed by atoms with E-state index in [4.69, 9.17) is 11.6 Å². The van der Waals surface area contributed by atoms with Crippen LogP contribution in [-0.4, -0.2) is 21.6 Å². The molecule has 1 fully saturated rings. The zero-order valence-electron chi connectivity index (χ0n) is 12.9. The summed E-state index contributed by atoms with van der Waals surface area (Å²) >= 11 is 6.32. The first-order valence-electron chi connectivity index (χ1n) is 7.81. The van der Waals surface area contributed by atoms with E-state index in [1.165, 1.54) is 23.1 Å². The van der Waals surface area contributed by atoms with Crippen molar-refractivity contribution in [2.45, 2.75) is 38.1 Å². The van der Waals surface area contributed by atoms with Crippen LogP contribution < -0.4 is 10.9 Å². The Balaban J connectivity index is 2.06. The highest BCUT2D eigenvalue weighted by Gasteiger charge is 2.23. The molecular formula is C17H19ClN2O3. The molecule has 6 heteroatoms. The van der Waals surface area contributed by atoms with Crippen molar-refractivity contribution in [3.8, 4) is 5.75 Å². The Morgan fingerprint density at radius 1 is 1.30 bits per heavy atom. The van der Waals surface area contributed by atoms with Gasteiger partial charge in [-0.15, -0.1) is 0 Å². The van der Waals surface area contributed by atoms with E-state index < -0.39 is 11.5 Å². The lowest BCUT2D eigenvalue weighted by molar-refractivity contribution is 0.0926. The Bertz CT molecular complexity index is 823.